The van der Waals surface area contributed by atoms with Crippen LogP contribution in [-0.2, 0) is 10.3 Å². The van der Waals surface area contributed by atoms with E-state index < -0.39 is 0 Å². The van der Waals surface area contributed by atoms with Crippen LogP contribution in [0.4, 0.5) is 0 Å². The number of ether oxygens (including phenoxy) is 1. The average molecular weight is 268 g/mol. The molecule has 2 unspecified atom stereocenters. The van der Waals surface area contributed by atoms with E-state index in [4.69, 9.17) is 15.5 Å². The number of nitrogens with two attached hydrogens (primary N) is 1. The minimum atomic E-state index is -0.287. The molecule has 3 nitrogen and oxygen atoms in total. The number of thiazole rings is 1. The lowest BCUT2D eigenvalue weighted by molar-refractivity contribution is -0.0438. The van der Waals surface area contributed by atoms with Crippen molar-refractivity contribution in [3.05, 3.63) is 16.1 Å². The Bertz CT molecular complexity index is 402. The summed E-state index contributed by atoms with van der Waals surface area (Å²) >= 11 is 1.71. The van der Waals surface area contributed by atoms with E-state index in [1.165, 1.54) is 0 Å². The standard InChI is InChI=1S/C14H24N2OS/c1-9(2)11-8-18-13(16-11)14(15)5-6-17-12(7-14)10(3)4/h8-10,12H,5-7,15H2,1-4H3. The molecule has 1 saturated heterocycles. The Morgan fingerprint density at radius 1 is 1.44 bits per heavy atom. The topological polar surface area (TPSA) is 48.1 Å². The van der Waals surface area contributed by atoms with E-state index >= 15 is 0 Å². The second-order valence-corrected chi connectivity index (χ2v) is 6.85. The molecular weight excluding hydrogens is 244 g/mol. The lowest BCUT2D eigenvalue weighted by atomic mass is 9.84. The maximum atomic E-state index is 6.59. The Labute approximate surface area is 114 Å². The third kappa shape index (κ3) is 2.76. The van der Waals surface area contributed by atoms with Gasteiger partial charge in [-0.05, 0) is 24.7 Å². The monoisotopic (exact) mass is 268 g/mol. The summed E-state index contributed by atoms with van der Waals surface area (Å²) in [7, 11) is 0. The molecule has 4 heteroatoms. The van der Waals surface area contributed by atoms with Crippen molar-refractivity contribution in [3.8, 4) is 0 Å². The fourth-order valence-electron chi connectivity index (χ4n) is 2.31. The first-order valence-corrected chi connectivity index (χ1v) is 7.67. The van der Waals surface area contributed by atoms with Crippen LogP contribution in [0.2, 0.25) is 0 Å². The maximum absolute atomic E-state index is 6.59. The molecule has 0 bridgehead atoms. The van der Waals surface area contributed by atoms with Crippen LogP contribution in [0.3, 0.4) is 0 Å². The van der Waals surface area contributed by atoms with E-state index in [0.29, 0.717) is 11.8 Å². The van der Waals surface area contributed by atoms with Gasteiger partial charge in [-0.25, -0.2) is 4.98 Å². The third-order valence-electron chi connectivity index (χ3n) is 3.73. The molecule has 1 fully saturated rings. The van der Waals surface area contributed by atoms with Gasteiger partial charge in [-0.3, -0.25) is 0 Å². The van der Waals surface area contributed by atoms with Gasteiger partial charge in [-0.1, -0.05) is 27.7 Å². The highest BCUT2D eigenvalue weighted by Crippen LogP contribution is 2.36. The molecule has 0 amide bonds. The molecule has 102 valence electrons. The van der Waals surface area contributed by atoms with Crippen molar-refractivity contribution in [2.24, 2.45) is 11.7 Å². The normalized spacial score (nSPS) is 29.2. The smallest absolute Gasteiger partial charge is 0.113 e. The second-order valence-electron chi connectivity index (χ2n) is 6.00. The third-order valence-corrected chi connectivity index (χ3v) is 4.81. The van der Waals surface area contributed by atoms with Crippen molar-refractivity contribution in [3.63, 3.8) is 0 Å². The Balaban J connectivity index is 2.18. The fourth-order valence-corrected chi connectivity index (χ4v) is 3.45. The fraction of sp³-hybridized carbons (Fsp3) is 0.786. The predicted octanol–water partition coefficient (Wildman–Crippen LogP) is 3.26. The SMILES string of the molecule is CC(C)c1csc(C2(N)CCOC(C(C)C)C2)n1. The average Bonchev–Trinajstić information content (AvgIpc) is 2.79. The van der Waals surface area contributed by atoms with Gasteiger partial charge in [0.2, 0.25) is 0 Å². The second kappa shape index (κ2) is 5.27. The first kappa shape index (κ1) is 14.0. The molecule has 1 aromatic rings. The van der Waals surface area contributed by atoms with Crippen molar-refractivity contribution in [2.75, 3.05) is 6.61 Å². The van der Waals surface area contributed by atoms with Crippen molar-refractivity contribution in [1.82, 2.24) is 4.98 Å². The van der Waals surface area contributed by atoms with Crippen molar-refractivity contribution < 1.29 is 4.74 Å². The number of rotatable bonds is 3. The molecule has 18 heavy (non-hydrogen) atoms. The van der Waals surface area contributed by atoms with Gasteiger partial charge in [0.1, 0.15) is 5.01 Å². The Kier molecular flexibility index (Phi) is 4.09. The predicted molar refractivity (Wildman–Crippen MR) is 75.9 cm³/mol. The van der Waals surface area contributed by atoms with E-state index in [0.717, 1.165) is 30.2 Å². The molecule has 2 atom stereocenters. The van der Waals surface area contributed by atoms with Crippen molar-refractivity contribution >= 4 is 11.3 Å². The van der Waals surface area contributed by atoms with Gasteiger partial charge >= 0.3 is 0 Å². The van der Waals surface area contributed by atoms with Crippen LogP contribution in [0.1, 0.15) is 57.2 Å². The summed E-state index contributed by atoms with van der Waals surface area (Å²) in [6.45, 7) is 9.47. The lowest BCUT2D eigenvalue weighted by Gasteiger charge is -2.38. The zero-order chi connectivity index (χ0) is 13.3. The van der Waals surface area contributed by atoms with Gasteiger partial charge in [0, 0.05) is 12.0 Å². The summed E-state index contributed by atoms with van der Waals surface area (Å²) in [5.41, 5.74) is 7.46. The molecule has 2 rings (SSSR count). The molecule has 1 aromatic heterocycles. The van der Waals surface area contributed by atoms with Crippen LogP contribution in [-0.4, -0.2) is 17.7 Å². The molecule has 0 radical (unpaired) electrons. The van der Waals surface area contributed by atoms with Gasteiger partial charge in [-0.15, -0.1) is 11.3 Å². The number of hydrogen-bond donors (Lipinski definition) is 1. The highest BCUT2D eigenvalue weighted by Gasteiger charge is 2.38. The summed E-state index contributed by atoms with van der Waals surface area (Å²) in [4.78, 5) is 4.74. The van der Waals surface area contributed by atoms with Crippen molar-refractivity contribution in [1.29, 1.82) is 0 Å². The van der Waals surface area contributed by atoms with Crippen LogP contribution in [0.15, 0.2) is 5.38 Å². The summed E-state index contributed by atoms with van der Waals surface area (Å²) in [6, 6.07) is 0. The van der Waals surface area contributed by atoms with Gasteiger partial charge in [0.15, 0.2) is 0 Å². The first-order valence-electron chi connectivity index (χ1n) is 6.79. The zero-order valence-corrected chi connectivity index (χ0v) is 12.6. The quantitative estimate of drug-likeness (QED) is 0.915. The van der Waals surface area contributed by atoms with Crippen LogP contribution >= 0.6 is 11.3 Å². The molecule has 1 aliphatic heterocycles. The van der Waals surface area contributed by atoms with E-state index in [1.807, 2.05) is 0 Å². The van der Waals surface area contributed by atoms with Gasteiger partial charge in [0.05, 0.1) is 17.3 Å². The summed E-state index contributed by atoms with van der Waals surface area (Å²) in [5.74, 6) is 0.983. The van der Waals surface area contributed by atoms with Crippen LogP contribution in [0, 0.1) is 5.92 Å². The Morgan fingerprint density at radius 2 is 2.17 bits per heavy atom. The molecule has 0 aliphatic carbocycles. The Morgan fingerprint density at radius 3 is 2.72 bits per heavy atom. The zero-order valence-electron chi connectivity index (χ0n) is 11.8. The van der Waals surface area contributed by atoms with E-state index in [2.05, 4.69) is 33.1 Å². The van der Waals surface area contributed by atoms with E-state index in [1.54, 1.807) is 11.3 Å². The highest BCUT2D eigenvalue weighted by molar-refractivity contribution is 7.09. The minimum absolute atomic E-state index is 0.259. The Hall–Kier alpha value is -0.450. The first-order chi connectivity index (χ1) is 8.42. The van der Waals surface area contributed by atoms with E-state index in [-0.39, 0.29) is 11.6 Å². The molecule has 1 aliphatic rings. The molecule has 2 N–H and O–H groups in total. The van der Waals surface area contributed by atoms with Crippen molar-refractivity contribution in [2.45, 2.75) is 58.1 Å². The van der Waals surface area contributed by atoms with Crippen LogP contribution < -0.4 is 5.73 Å². The summed E-state index contributed by atoms with van der Waals surface area (Å²) < 4.78 is 5.81. The molecule has 0 aromatic carbocycles. The number of aromatic nitrogens is 1. The van der Waals surface area contributed by atoms with Crippen LogP contribution in [0.25, 0.3) is 0 Å². The maximum Gasteiger partial charge on any atom is 0.113 e. The summed E-state index contributed by atoms with van der Waals surface area (Å²) in [5, 5.41) is 3.23. The van der Waals surface area contributed by atoms with E-state index in [9.17, 15) is 0 Å². The van der Waals surface area contributed by atoms with Crippen LogP contribution in [0.5, 0.6) is 0 Å². The molecular formula is C14H24N2OS. The minimum Gasteiger partial charge on any atom is -0.378 e. The van der Waals surface area contributed by atoms with Gasteiger partial charge < -0.3 is 10.5 Å². The number of nitrogens with zero attached hydrogens (tertiary/aromatic N) is 1. The largest absolute Gasteiger partial charge is 0.378 e. The van der Waals surface area contributed by atoms with Gasteiger partial charge in [-0.2, -0.15) is 0 Å². The number of hydrogen-bond acceptors (Lipinski definition) is 4. The summed E-state index contributed by atoms with van der Waals surface area (Å²) in [6.07, 6.45) is 2.02. The lowest BCUT2D eigenvalue weighted by Crippen LogP contribution is -2.47. The molecule has 0 spiro atoms. The molecule has 0 saturated carbocycles. The molecule has 2 heterocycles. The van der Waals surface area contributed by atoms with Gasteiger partial charge in [0.25, 0.3) is 0 Å². The highest BCUT2D eigenvalue weighted by atomic mass is 32.1.